The molecule has 1 saturated heterocycles. The molecule has 14 heteroatoms. The van der Waals surface area contributed by atoms with Gasteiger partial charge in [0.05, 0.1) is 24.1 Å². The number of unbranched alkanes of at least 4 members (excludes halogenated alkanes) is 2. The molecule has 3 heterocycles. The molecular weight excluding hydrogens is 666 g/mol. The number of amides is 1. The van der Waals surface area contributed by atoms with E-state index in [1.807, 2.05) is 38.2 Å². The van der Waals surface area contributed by atoms with Gasteiger partial charge in [-0.2, -0.15) is 15.2 Å². The molecule has 51 heavy (non-hydrogen) atoms. The highest BCUT2D eigenvalue weighted by Crippen LogP contribution is 2.41. The van der Waals surface area contributed by atoms with Crippen LogP contribution < -0.4 is 19.7 Å². The van der Waals surface area contributed by atoms with E-state index in [2.05, 4.69) is 44.2 Å². The fourth-order valence-electron chi connectivity index (χ4n) is 5.51. The molecule has 272 valence electrons. The summed E-state index contributed by atoms with van der Waals surface area (Å²) in [4.78, 5) is 28.2. The number of halogens is 4. The van der Waals surface area contributed by atoms with E-state index in [4.69, 9.17) is 10.00 Å². The number of anilines is 1. The number of hydrogen-bond donors (Lipinski definition) is 1. The third-order valence-electron chi connectivity index (χ3n) is 7.83. The van der Waals surface area contributed by atoms with E-state index in [0.29, 0.717) is 17.6 Å². The number of aryl methyl sites for hydroxylation is 1. The molecule has 5 rings (SSSR count). The predicted octanol–water partition coefficient (Wildman–Crippen LogP) is 7.00. The normalized spacial score (nSPS) is 14.3. The number of allylic oxidation sites excluding steroid dienone is 3. The van der Waals surface area contributed by atoms with Crippen LogP contribution in [0.1, 0.15) is 55.5 Å². The van der Waals surface area contributed by atoms with Gasteiger partial charge in [0.2, 0.25) is 0 Å². The number of fused-ring (bicyclic) bond motifs is 2. The van der Waals surface area contributed by atoms with Crippen molar-refractivity contribution in [2.75, 3.05) is 51.8 Å². The number of nitrogens with zero attached hydrogens (tertiary/aromatic N) is 6. The summed E-state index contributed by atoms with van der Waals surface area (Å²) in [6.07, 6.45) is 6.22. The fraction of sp³-hybridized carbons (Fsp3) is 0.405. The third-order valence-corrected chi connectivity index (χ3v) is 7.83. The van der Waals surface area contributed by atoms with Crippen molar-refractivity contribution in [3.8, 4) is 17.8 Å². The Kier molecular flexibility index (Phi) is 15.1. The molecule has 0 bridgehead atoms. The van der Waals surface area contributed by atoms with Gasteiger partial charge in [-0.3, -0.25) is 9.78 Å². The summed E-state index contributed by atoms with van der Waals surface area (Å²) in [5.41, 5.74) is 5.57. The molecule has 0 spiro atoms. The van der Waals surface area contributed by atoms with Crippen LogP contribution in [-0.2, 0) is 11.2 Å². The largest absolute Gasteiger partial charge is 0.573 e. The average Bonchev–Trinajstić information content (AvgIpc) is 3.09. The summed E-state index contributed by atoms with van der Waals surface area (Å²) >= 11 is 0. The third kappa shape index (κ3) is 10.9. The van der Waals surface area contributed by atoms with E-state index in [1.165, 1.54) is 50.9 Å². The van der Waals surface area contributed by atoms with Crippen molar-refractivity contribution in [3.05, 3.63) is 83.1 Å². The fourth-order valence-corrected chi connectivity index (χ4v) is 5.51. The van der Waals surface area contributed by atoms with E-state index < -0.39 is 23.8 Å². The van der Waals surface area contributed by atoms with Gasteiger partial charge in [-0.05, 0) is 56.1 Å². The zero-order chi connectivity index (χ0) is 37.6. The Hall–Kier alpha value is -5.25. The molecule has 1 aromatic carbocycles. The topological polar surface area (TPSA) is 116 Å². The number of piperazine rings is 1. The van der Waals surface area contributed by atoms with E-state index >= 15 is 0 Å². The van der Waals surface area contributed by atoms with Gasteiger partial charge >= 0.3 is 12.4 Å². The Labute approximate surface area is 295 Å². The molecule has 0 saturated carbocycles. The number of rotatable bonds is 9. The minimum absolute atomic E-state index is 0.0968. The quantitative estimate of drug-likeness (QED) is 0.109. The maximum atomic E-state index is 13.9. The van der Waals surface area contributed by atoms with Gasteiger partial charge in [0, 0.05) is 39.3 Å². The highest BCUT2D eigenvalue weighted by molar-refractivity contribution is 5.98. The number of carbonyl (C=O) groups is 1. The van der Waals surface area contributed by atoms with Crippen LogP contribution in [0.5, 0.6) is 11.8 Å². The maximum absolute atomic E-state index is 13.9. The second-order valence-electron chi connectivity index (χ2n) is 11.4. The molecule has 1 aliphatic carbocycles. The number of hydrogen-bond acceptors (Lipinski definition) is 9. The van der Waals surface area contributed by atoms with Gasteiger partial charge in [0.1, 0.15) is 17.0 Å². The molecule has 3 aromatic rings. The van der Waals surface area contributed by atoms with Crippen LogP contribution >= 0.6 is 0 Å². The van der Waals surface area contributed by atoms with E-state index in [-0.39, 0.29) is 54.6 Å². The van der Waals surface area contributed by atoms with Crippen molar-refractivity contribution in [1.29, 1.82) is 5.26 Å². The minimum Gasteiger partial charge on any atom is -0.467 e. The van der Waals surface area contributed by atoms with Crippen LogP contribution in [-0.4, -0.2) is 79.0 Å². The van der Waals surface area contributed by atoms with Gasteiger partial charge in [-0.15, -0.1) is 18.9 Å². The van der Waals surface area contributed by atoms with Crippen LogP contribution in [0.3, 0.4) is 0 Å². The first-order valence-electron chi connectivity index (χ1n) is 16.5. The Balaban J connectivity index is 0.000000620. The minimum atomic E-state index is -5.07. The van der Waals surface area contributed by atoms with E-state index in [0.717, 1.165) is 11.1 Å². The summed E-state index contributed by atoms with van der Waals surface area (Å²) in [6.45, 7) is 10.5. The van der Waals surface area contributed by atoms with Gasteiger partial charge in [-0.1, -0.05) is 56.7 Å². The van der Waals surface area contributed by atoms with E-state index in [1.54, 1.807) is 23.1 Å². The molecule has 0 atom stereocenters. The molecule has 10 nitrogen and oxygen atoms in total. The molecule has 1 amide bonds. The highest BCUT2D eigenvalue weighted by atomic mass is 19.4. The van der Waals surface area contributed by atoms with Crippen LogP contribution in [0.25, 0.3) is 16.5 Å². The van der Waals surface area contributed by atoms with Crippen molar-refractivity contribution in [1.82, 2.24) is 25.2 Å². The molecule has 0 radical (unpaired) electrons. The van der Waals surface area contributed by atoms with Crippen LogP contribution in [0, 0.1) is 18.3 Å². The molecule has 2 aromatic heterocycles. The summed E-state index contributed by atoms with van der Waals surface area (Å²) < 4.78 is 65.0. The van der Waals surface area contributed by atoms with Gasteiger partial charge in [0.25, 0.3) is 5.91 Å². The van der Waals surface area contributed by atoms with Gasteiger partial charge < -0.3 is 24.6 Å². The second-order valence-corrected chi connectivity index (χ2v) is 11.4. The number of alkyl halides is 3. The molecule has 1 aliphatic heterocycles. The SMILES string of the molecule is C=C(F)C(=O)N1CCN(c2nc(OC)nc3c(OC(F)(F)F)c(C4=C=C/C=C\Cc5cccc(C)c54)ncc23)CC1.CC#N.CCCCCNC. The van der Waals surface area contributed by atoms with E-state index in [9.17, 15) is 22.4 Å². The number of benzene rings is 1. The summed E-state index contributed by atoms with van der Waals surface area (Å²) in [5, 5.41) is 10.6. The number of methoxy groups -OCH3 is 1. The Morgan fingerprint density at radius 2 is 1.88 bits per heavy atom. The lowest BCUT2D eigenvalue weighted by atomic mass is 9.90. The number of pyridine rings is 1. The molecule has 2 aliphatic rings. The standard InChI is InChI=1S/C29H25F4N5O3.C6H15N.C2H3N/c1-17-8-7-10-19-9-5-4-6-11-20(22(17)19)23-25(41-29(31,32)33)24-21(16-34-23)26(36-28(35-24)40-3)37-12-14-38(15-13-37)27(39)18(2)30;1-3-4-5-6-7-2;1-2-3/h4-8,10,16H,2,9,12-15H2,1,3H3;7H,3-6H2,1-2H3;1H3/b5-4-;;. The molecule has 0 unspecified atom stereocenters. The van der Waals surface area contributed by atoms with Crippen molar-refractivity contribution in [3.63, 3.8) is 0 Å². The van der Waals surface area contributed by atoms with Crippen molar-refractivity contribution >= 4 is 28.2 Å². The summed E-state index contributed by atoms with van der Waals surface area (Å²) in [6, 6.07) is 7.21. The maximum Gasteiger partial charge on any atom is 0.573 e. The van der Waals surface area contributed by atoms with Crippen LogP contribution in [0.4, 0.5) is 23.4 Å². The number of nitriles is 1. The van der Waals surface area contributed by atoms with Crippen LogP contribution in [0.15, 0.2) is 60.8 Å². The zero-order valence-electron chi connectivity index (χ0n) is 29.5. The number of aromatic nitrogens is 3. The van der Waals surface area contributed by atoms with Crippen molar-refractivity contribution in [2.24, 2.45) is 0 Å². The summed E-state index contributed by atoms with van der Waals surface area (Å²) in [5.74, 6) is -2.25. The number of ether oxygens (including phenoxy) is 2. The monoisotopic (exact) mass is 709 g/mol. The lowest BCUT2D eigenvalue weighted by molar-refractivity contribution is -0.274. The van der Waals surface area contributed by atoms with Crippen molar-refractivity contribution in [2.45, 2.75) is 52.8 Å². The van der Waals surface area contributed by atoms with Gasteiger partial charge in [0.15, 0.2) is 11.6 Å². The Morgan fingerprint density at radius 3 is 2.49 bits per heavy atom. The number of nitrogens with one attached hydrogen (secondary N) is 1. The molecular formula is C37H43F4N7O3. The smallest absolute Gasteiger partial charge is 0.467 e. The second kappa shape index (κ2) is 19.2. The average molecular weight is 710 g/mol. The van der Waals surface area contributed by atoms with Gasteiger partial charge in [-0.25, -0.2) is 4.39 Å². The van der Waals surface area contributed by atoms with Crippen LogP contribution in [0.2, 0.25) is 0 Å². The Bertz CT molecular complexity index is 1820. The molecule has 1 fully saturated rings. The Morgan fingerprint density at radius 1 is 1.18 bits per heavy atom. The zero-order valence-corrected chi connectivity index (χ0v) is 29.5. The van der Waals surface area contributed by atoms with Crippen molar-refractivity contribution < 1.29 is 31.8 Å². The lowest BCUT2D eigenvalue weighted by Crippen LogP contribution is -2.49. The first-order valence-corrected chi connectivity index (χ1v) is 16.5. The number of carbonyl (C=O) groups excluding carboxylic acids is 1. The summed E-state index contributed by atoms with van der Waals surface area (Å²) in [7, 11) is 3.29. The first kappa shape index (κ1) is 40.2. The molecule has 1 N–H and O–H groups in total. The predicted molar refractivity (Wildman–Crippen MR) is 189 cm³/mol. The first-order chi connectivity index (χ1) is 24.4. The lowest BCUT2D eigenvalue weighted by Gasteiger charge is -2.35. The highest BCUT2D eigenvalue weighted by Gasteiger charge is 2.36.